The summed E-state index contributed by atoms with van der Waals surface area (Å²) in [6.07, 6.45) is 4.68. The lowest BCUT2D eigenvalue weighted by Gasteiger charge is -2.09. The molecule has 0 unspecified atom stereocenters. The number of benzene rings is 1. The maximum atomic E-state index is 11.8. The summed E-state index contributed by atoms with van der Waals surface area (Å²) in [6, 6.07) is 9.49. The fourth-order valence-electron chi connectivity index (χ4n) is 1.72. The van der Waals surface area contributed by atoms with Crippen LogP contribution in [0.1, 0.15) is 16.9 Å². The third kappa shape index (κ3) is 2.88. The van der Waals surface area contributed by atoms with Crippen molar-refractivity contribution in [1.82, 2.24) is 0 Å². The van der Waals surface area contributed by atoms with E-state index in [0.717, 1.165) is 16.8 Å². The number of amides is 1. The van der Waals surface area contributed by atoms with Gasteiger partial charge in [0.25, 0.3) is 0 Å². The van der Waals surface area contributed by atoms with Gasteiger partial charge in [0, 0.05) is 11.8 Å². The van der Waals surface area contributed by atoms with Gasteiger partial charge in [-0.2, -0.15) is 0 Å². The second-order valence-electron chi connectivity index (χ2n) is 4.10. The largest absolute Gasteiger partial charge is 0.465 e. The molecule has 1 N–H and O–H groups in total. The highest BCUT2D eigenvalue weighted by atomic mass is 16.3. The summed E-state index contributed by atoms with van der Waals surface area (Å²) in [4.78, 5) is 11.8. The molecule has 0 saturated heterocycles. The molecular formula is C15H15NO2. The molecule has 0 atom stereocenters. The standard InChI is InChI=1S/C15H15NO2/c1-11-5-3-6-12(2)15(11)16-14(17)9-8-13-7-4-10-18-13/h3-10H,1-2H3,(H,16,17)/b9-8+. The molecule has 0 saturated carbocycles. The molecule has 92 valence electrons. The Morgan fingerprint density at radius 1 is 1.17 bits per heavy atom. The number of rotatable bonds is 3. The molecule has 0 aliphatic rings. The molecule has 18 heavy (non-hydrogen) atoms. The van der Waals surface area contributed by atoms with Crippen LogP contribution in [0.2, 0.25) is 0 Å². The molecule has 2 rings (SSSR count). The lowest BCUT2D eigenvalue weighted by atomic mass is 10.1. The van der Waals surface area contributed by atoms with Crippen molar-refractivity contribution in [3.63, 3.8) is 0 Å². The molecule has 0 fully saturated rings. The highest BCUT2D eigenvalue weighted by Gasteiger charge is 2.04. The number of carbonyl (C=O) groups excluding carboxylic acids is 1. The van der Waals surface area contributed by atoms with Crippen LogP contribution < -0.4 is 5.32 Å². The van der Waals surface area contributed by atoms with Gasteiger partial charge in [-0.15, -0.1) is 0 Å². The lowest BCUT2D eigenvalue weighted by Crippen LogP contribution is -2.10. The normalized spacial score (nSPS) is 10.8. The van der Waals surface area contributed by atoms with Gasteiger partial charge in [-0.1, -0.05) is 18.2 Å². The van der Waals surface area contributed by atoms with E-state index in [1.807, 2.05) is 32.0 Å². The Bertz CT molecular complexity index is 548. The average Bonchev–Trinajstić information content (AvgIpc) is 2.84. The lowest BCUT2D eigenvalue weighted by molar-refractivity contribution is -0.111. The van der Waals surface area contributed by atoms with Gasteiger partial charge in [0.2, 0.25) is 5.91 Å². The topological polar surface area (TPSA) is 42.2 Å². The van der Waals surface area contributed by atoms with E-state index < -0.39 is 0 Å². The molecule has 1 aromatic carbocycles. The summed E-state index contributed by atoms with van der Waals surface area (Å²) < 4.78 is 5.11. The van der Waals surface area contributed by atoms with Crippen LogP contribution in [0.5, 0.6) is 0 Å². The maximum Gasteiger partial charge on any atom is 0.248 e. The Morgan fingerprint density at radius 3 is 2.50 bits per heavy atom. The van der Waals surface area contributed by atoms with Crippen molar-refractivity contribution < 1.29 is 9.21 Å². The van der Waals surface area contributed by atoms with Crippen molar-refractivity contribution >= 4 is 17.7 Å². The SMILES string of the molecule is Cc1cccc(C)c1NC(=O)/C=C/c1ccco1. The Balaban J connectivity index is 2.08. The van der Waals surface area contributed by atoms with E-state index >= 15 is 0 Å². The molecule has 3 heteroatoms. The number of aryl methyl sites for hydroxylation is 2. The van der Waals surface area contributed by atoms with E-state index in [1.54, 1.807) is 24.5 Å². The van der Waals surface area contributed by atoms with Gasteiger partial charge in [0.1, 0.15) is 5.76 Å². The van der Waals surface area contributed by atoms with Gasteiger partial charge in [0.05, 0.1) is 6.26 Å². The highest BCUT2D eigenvalue weighted by molar-refractivity contribution is 6.02. The first kappa shape index (κ1) is 12.2. The number of anilines is 1. The minimum Gasteiger partial charge on any atom is -0.465 e. The Hall–Kier alpha value is -2.29. The summed E-state index contributed by atoms with van der Waals surface area (Å²) in [5.41, 5.74) is 2.97. The van der Waals surface area contributed by atoms with Crippen LogP contribution in [-0.4, -0.2) is 5.91 Å². The van der Waals surface area contributed by atoms with E-state index in [1.165, 1.54) is 6.08 Å². The molecule has 1 heterocycles. The van der Waals surface area contributed by atoms with E-state index in [-0.39, 0.29) is 5.91 Å². The molecule has 1 aromatic heterocycles. The van der Waals surface area contributed by atoms with E-state index in [0.29, 0.717) is 5.76 Å². The van der Waals surface area contributed by atoms with E-state index in [2.05, 4.69) is 5.32 Å². The molecule has 0 aliphatic carbocycles. The minimum atomic E-state index is -0.163. The first-order chi connectivity index (χ1) is 8.66. The predicted octanol–water partition coefficient (Wildman–Crippen LogP) is 3.55. The fourth-order valence-corrected chi connectivity index (χ4v) is 1.72. The molecular weight excluding hydrogens is 226 g/mol. The van der Waals surface area contributed by atoms with Crippen LogP contribution >= 0.6 is 0 Å². The summed E-state index contributed by atoms with van der Waals surface area (Å²) >= 11 is 0. The molecule has 2 aromatic rings. The van der Waals surface area contributed by atoms with Crippen LogP contribution in [0.25, 0.3) is 6.08 Å². The van der Waals surface area contributed by atoms with Crippen LogP contribution in [-0.2, 0) is 4.79 Å². The monoisotopic (exact) mass is 241 g/mol. The van der Waals surface area contributed by atoms with Gasteiger partial charge in [-0.05, 0) is 43.2 Å². The van der Waals surface area contributed by atoms with E-state index in [4.69, 9.17) is 4.42 Å². The van der Waals surface area contributed by atoms with Gasteiger partial charge < -0.3 is 9.73 Å². The number of para-hydroxylation sites is 1. The summed E-state index contributed by atoms with van der Waals surface area (Å²) in [7, 11) is 0. The highest BCUT2D eigenvalue weighted by Crippen LogP contribution is 2.19. The van der Waals surface area contributed by atoms with Gasteiger partial charge in [0.15, 0.2) is 0 Å². The average molecular weight is 241 g/mol. The van der Waals surface area contributed by atoms with Crippen LogP contribution in [0.3, 0.4) is 0 Å². The zero-order valence-electron chi connectivity index (χ0n) is 10.4. The zero-order chi connectivity index (χ0) is 13.0. The number of furan rings is 1. The van der Waals surface area contributed by atoms with Crippen molar-refractivity contribution in [2.45, 2.75) is 13.8 Å². The number of carbonyl (C=O) groups is 1. The zero-order valence-corrected chi connectivity index (χ0v) is 10.4. The van der Waals surface area contributed by atoms with Crippen LogP contribution in [0, 0.1) is 13.8 Å². The summed E-state index contributed by atoms with van der Waals surface area (Å²) in [5.74, 6) is 0.496. The number of nitrogens with one attached hydrogen (secondary N) is 1. The quantitative estimate of drug-likeness (QED) is 0.835. The molecule has 0 aliphatic heterocycles. The van der Waals surface area contributed by atoms with Crippen molar-refractivity contribution in [3.05, 3.63) is 59.6 Å². The molecule has 1 amide bonds. The second-order valence-corrected chi connectivity index (χ2v) is 4.10. The fraction of sp³-hybridized carbons (Fsp3) is 0.133. The molecule has 0 bridgehead atoms. The third-order valence-electron chi connectivity index (χ3n) is 2.67. The smallest absolute Gasteiger partial charge is 0.248 e. The predicted molar refractivity (Wildman–Crippen MR) is 72.3 cm³/mol. The molecule has 0 radical (unpaired) electrons. The minimum absolute atomic E-state index is 0.163. The Morgan fingerprint density at radius 2 is 1.89 bits per heavy atom. The molecule has 0 spiro atoms. The second kappa shape index (κ2) is 5.36. The first-order valence-corrected chi connectivity index (χ1v) is 5.75. The molecule has 3 nitrogen and oxygen atoms in total. The Labute approximate surface area is 106 Å². The number of hydrogen-bond donors (Lipinski definition) is 1. The van der Waals surface area contributed by atoms with Crippen molar-refractivity contribution in [2.75, 3.05) is 5.32 Å². The summed E-state index contributed by atoms with van der Waals surface area (Å²) in [6.45, 7) is 3.94. The first-order valence-electron chi connectivity index (χ1n) is 5.75. The van der Waals surface area contributed by atoms with E-state index in [9.17, 15) is 4.79 Å². The van der Waals surface area contributed by atoms with Crippen LogP contribution in [0.15, 0.2) is 47.1 Å². The van der Waals surface area contributed by atoms with Gasteiger partial charge >= 0.3 is 0 Å². The van der Waals surface area contributed by atoms with Gasteiger partial charge in [-0.3, -0.25) is 4.79 Å². The van der Waals surface area contributed by atoms with Crippen molar-refractivity contribution in [3.8, 4) is 0 Å². The van der Waals surface area contributed by atoms with Gasteiger partial charge in [-0.25, -0.2) is 0 Å². The summed E-state index contributed by atoms with van der Waals surface area (Å²) in [5, 5.41) is 2.87. The van der Waals surface area contributed by atoms with Crippen molar-refractivity contribution in [1.29, 1.82) is 0 Å². The van der Waals surface area contributed by atoms with Crippen LogP contribution in [0.4, 0.5) is 5.69 Å². The Kier molecular flexibility index (Phi) is 3.63. The third-order valence-corrected chi connectivity index (χ3v) is 2.67. The number of hydrogen-bond acceptors (Lipinski definition) is 2. The van der Waals surface area contributed by atoms with Crippen molar-refractivity contribution in [2.24, 2.45) is 0 Å². The maximum absolute atomic E-state index is 11.8.